The first-order valence-electron chi connectivity index (χ1n) is 11.1. The minimum Gasteiger partial charge on any atom is -0.454 e. The Morgan fingerprint density at radius 3 is 2.84 bits per heavy atom. The molecule has 2 aliphatic rings. The molecule has 31 heavy (non-hydrogen) atoms. The Hall–Kier alpha value is -2.77. The number of ether oxygens (including phenoxy) is 2. The zero-order valence-electron chi connectivity index (χ0n) is 18.1. The van der Waals surface area contributed by atoms with Crippen LogP contribution in [0, 0.1) is 0 Å². The van der Waals surface area contributed by atoms with Crippen LogP contribution < -0.4 is 20.1 Å². The summed E-state index contributed by atoms with van der Waals surface area (Å²) in [5, 5.41) is 17.1. The highest BCUT2D eigenvalue weighted by Gasteiger charge is 2.18. The summed E-state index contributed by atoms with van der Waals surface area (Å²) in [6, 6.07) is 14.6. The number of aliphatic imine (C=N–C) groups is 1. The van der Waals surface area contributed by atoms with Crippen molar-refractivity contribution in [2.75, 3.05) is 39.5 Å². The topological polar surface area (TPSA) is 78.4 Å². The molecular weight excluding hydrogens is 392 g/mol. The van der Waals surface area contributed by atoms with Crippen molar-refractivity contribution < 1.29 is 14.6 Å². The van der Waals surface area contributed by atoms with Crippen LogP contribution in [-0.4, -0.2) is 61.6 Å². The maximum absolute atomic E-state index is 10.5. The lowest BCUT2D eigenvalue weighted by Gasteiger charge is -2.30. The van der Waals surface area contributed by atoms with E-state index in [-0.39, 0.29) is 0 Å². The third-order valence-electron chi connectivity index (χ3n) is 5.63. The fourth-order valence-electron chi connectivity index (χ4n) is 4.03. The van der Waals surface area contributed by atoms with Crippen LogP contribution in [0.3, 0.4) is 0 Å². The van der Waals surface area contributed by atoms with Crippen molar-refractivity contribution in [3.05, 3.63) is 59.2 Å². The van der Waals surface area contributed by atoms with Crippen molar-refractivity contribution in [2.24, 2.45) is 4.99 Å². The highest BCUT2D eigenvalue weighted by molar-refractivity contribution is 5.79. The number of benzene rings is 2. The van der Waals surface area contributed by atoms with E-state index in [1.54, 1.807) is 0 Å². The van der Waals surface area contributed by atoms with E-state index in [4.69, 9.17) is 9.47 Å². The number of fused-ring (bicyclic) bond motifs is 2. The van der Waals surface area contributed by atoms with Gasteiger partial charge in [-0.3, -0.25) is 9.89 Å². The number of aliphatic hydroxyl groups is 1. The van der Waals surface area contributed by atoms with Gasteiger partial charge in [-0.1, -0.05) is 30.3 Å². The van der Waals surface area contributed by atoms with Crippen LogP contribution in [-0.2, 0) is 19.4 Å². The zero-order chi connectivity index (χ0) is 21.5. The van der Waals surface area contributed by atoms with E-state index in [9.17, 15) is 5.11 Å². The van der Waals surface area contributed by atoms with Crippen molar-refractivity contribution in [3.8, 4) is 11.5 Å². The maximum atomic E-state index is 10.5. The lowest BCUT2D eigenvalue weighted by atomic mass is 10.00. The van der Waals surface area contributed by atoms with Gasteiger partial charge in [-0.2, -0.15) is 0 Å². The Labute approximate surface area is 184 Å². The molecule has 3 N–H and O–H groups in total. The molecule has 7 nitrogen and oxygen atoms in total. The van der Waals surface area contributed by atoms with Crippen molar-refractivity contribution >= 4 is 5.96 Å². The number of β-amino-alcohol motifs (C(OH)–C–C–N with tert-alkyl or cyclic N) is 1. The van der Waals surface area contributed by atoms with Crippen LogP contribution >= 0.6 is 0 Å². The van der Waals surface area contributed by atoms with E-state index in [2.05, 4.69) is 50.9 Å². The van der Waals surface area contributed by atoms with Gasteiger partial charge in [-0.15, -0.1) is 0 Å². The van der Waals surface area contributed by atoms with Crippen molar-refractivity contribution in [1.29, 1.82) is 0 Å². The highest BCUT2D eigenvalue weighted by atomic mass is 16.7. The molecule has 2 aromatic rings. The predicted octanol–water partition coefficient (Wildman–Crippen LogP) is 1.93. The Morgan fingerprint density at radius 2 is 1.97 bits per heavy atom. The summed E-state index contributed by atoms with van der Waals surface area (Å²) in [4.78, 5) is 6.89. The molecule has 2 heterocycles. The summed E-state index contributed by atoms with van der Waals surface area (Å²) in [5.74, 6) is 2.34. The molecule has 0 aliphatic carbocycles. The number of guanidine groups is 1. The monoisotopic (exact) mass is 424 g/mol. The second-order valence-corrected chi connectivity index (χ2v) is 7.99. The van der Waals surface area contributed by atoms with Gasteiger partial charge in [-0.05, 0) is 48.6 Å². The lowest BCUT2D eigenvalue weighted by Crippen LogP contribution is -2.40. The summed E-state index contributed by atoms with van der Waals surface area (Å²) in [6.45, 7) is 6.72. The normalized spacial score (nSPS) is 16.6. The molecule has 0 radical (unpaired) electrons. The van der Waals surface area contributed by atoms with Crippen molar-refractivity contribution in [3.63, 3.8) is 0 Å². The quantitative estimate of drug-likeness (QED) is 0.444. The van der Waals surface area contributed by atoms with Gasteiger partial charge in [0.2, 0.25) is 6.79 Å². The minimum atomic E-state index is -0.491. The third kappa shape index (κ3) is 5.89. The second-order valence-electron chi connectivity index (χ2n) is 7.99. The van der Waals surface area contributed by atoms with Crippen molar-refractivity contribution in [1.82, 2.24) is 15.5 Å². The van der Waals surface area contributed by atoms with Gasteiger partial charge in [0.15, 0.2) is 17.5 Å². The molecule has 0 saturated carbocycles. The number of nitrogens with one attached hydrogen (secondary N) is 2. The van der Waals surface area contributed by atoms with Crippen molar-refractivity contribution in [2.45, 2.75) is 32.4 Å². The van der Waals surface area contributed by atoms with Gasteiger partial charge in [-0.25, -0.2) is 0 Å². The second kappa shape index (κ2) is 10.5. The van der Waals surface area contributed by atoms with Crippen LogP contribution in [0.15, 0.2) is 47.5 Å². The van der Waals surface area contributed by atoms with Gasteiger partial charge in [0.25, 0.3) is 0 Å². The summed E-state index contributed by atoms with van der Waals surface area (Å²) in [7, 11) is 0. The summed E-state index contributed by atoms with van der Waals surface area (Å²) in [6.07, 6.45) is 1.39. The van der Waals surface area contributed by atoms with Crippen LogP contribution in [0.1, 0.15) is 23.6 Å². The number of hydrogen-bond donors (Lipinski definition) is 3. The molecule has 0 amide bonds. The Kier molecular flexibility index (Phi) is 7.27. The largest absolute Gasteiger partial charge is 0.454 e. The molecule has 1 atom stereocenters. The highest BCUT2D eigenvalue weighted by Crippen LogP contribution is 2.32. The molecule has 4 rings (SSSR count). The average molecular weight is 425 g/mol. The van der Waals surface area contributed by atoms with Gasteiger partial charge in [0.05, 0.1) is 12.6 Å². The lowest BCUT2D eigenvalue weighted by molar-refractivity contribution is 0.111. The Morgan fingerprint density at radius 1 is 1.13 bits per heavy atom. The van der Waals surface area contributed by atoms with E-state index >= 15 is 0 Å². The fraction of sp³-hybridized carbons (Fsp3) is 0.458. The molecular formula is C24H32N4O3. The molecule has 1 unspecified atom stereocenters. The molecule has 166 valence electrons. The van der Waals surface area contributed by atoms with Crippen LogP contribution in [0.5, 0.6) is 11.5 Å². The number of hydrogen-bond acceptors (Lipinski definition) is 5. The predicted molar refractivity (Wildman–Crippen MR) is 122 cm³/mol. The summed E-state index contributed by atoms with van der Waals surface area (Å²) < 4.78 is 10.8. The smallest absolute Gasteiger partial charge is 0.231 e. The molecule has 0 fully saturated rings. The van der Waals surface area contributed by atoms with Crippen LogP contribution in [0.25, 0.3) is 0 Å². The standard InChI is InChI=1S/C24H32N4O3/c1-2-25-24(26-11-9-18-7-8-22-23(13-18)31-17-30-22)27-14-21(29)16-28-12-10-19-5-3-4-6-20(19)15-28/h3-8,13,21,29H,2,9-12,14-17H2,1H3,(H2,25,26,27). The average Bonchev–Trinajstić information content (AvgIpc) is 3.25. The van der Waals surface area contributed by atoms with E-state index in [1.165, 1.54) is 16.7 Å². The Balaban J connectivity index is 1.23. The molecule has 0 bridgehead atoms. The van der Waals surface area contributed by atoms with E-state index in [0.717, 1.165) is 56.5 Å². The van der Waals surface area contributed by atoms with E-state index < -0.39 is 6.10 Å². The first-order chi connectivity index (χ1) is 15.2. The molecule has 2 aromatic carbocycles. The molecule has 0 spiro atoms. The van der Waals surface area contributed by atoms with E-state index in [1.807, 2.05) is 19.1 Å². The SMILES string of the molecule is CCNC(=NCC(O)CN1CCc2ccccc2C1)NCCc1ccc2c(c1)OCO2. The number of rotatable bonds is 8. The maximum Gasteiger partial charge on any atom is 0.231 e. The first kappa shape index (κ1) is 21.5. The van der Waals surface area contributed by atoms with Gasteiger partial charge in [0.1, 0.15) is 0 Å². The molecule has 2 aliphatic heterocycles. The zero-order valence-corrected chi connectivity index (χ0v) is 18.1. The fourth-order valence-corrected chi connectivity index (χ4v) is 4.03. The summed E-state index contributed by atoms with van der Waals surface area (Å²) >= 11 is 0. The third-order valence-corrected chi connectivity index (χ3v) is 5.63. The molecule has 7 heteroatoms. The summed E-state index contributed by atoms with van der Waals surface area (Å²) in [5.41, 5.74) is 3.97. The molecule has 0 saturated heterocycles. The van der Waals surface area contributed by atoms with Gasteiger partial charge >= 0.3 is 0 Å². The van der Waals surface area contributed by atoms with Gasteiger partial charge in [0, 0.05) is 32.7 Å². The first-order valence-corrected chi connectivity index (χ1v) is 11.1. The number of aliphatic hydroxyl groups excluding tert-OH is 1. The van der Waals surface area contributed by atoms with Crippen LogP contribution in [0.2, 0.25) is 0 Å². The van der Waals surface area contributed by atoms with E-state index in [0.29, 0.717) is 19.9 Å². The van der Waals surface area contributed by atoms with Gasteiger partial charge < -0.3 is 25.2 Å². The minimum absolute atomic E-state index is 0.292. The number of nitrogens with zero attached hydrogens (tertiary/aromatic N) is 2. The Bertz CT molecular complexity index is 902. The van der Waals surface area contributed by atoms with Crippen LogP contribution in [0.4, 0.5) is 0 Å². The molecule has 0 aromatic heterocycles.